The second kappa shape index (κ2) is 4.09. The molecule has 3 fully saturated rings. The van der Waals surface area contributed by atoms with Crippen molar-refractivity contribution in [3.63, 3.8) is 0 Å². The topological polar surface area (TPSA) is 3.24 Å². The smallest absolute Gasteiger partial charge is 0.0491 e. The van der Waals surface area contributed by atoms with Gasteiger partial charge in [-0.05, 0) is 62.6 Å². The van der Waals surface area contributed by atoms with Crippen LogP contribution >= 0.6 is 0 Å². The molecule has 3 aliphatic rings. The molecular formula is C17H23N. The molecule has 0 amide bonds. The fourth-order valence-electron chi connectivity index (χ4n) is 5.07. The van der Waals surface area contributed by atoms with Gasteiger partial charge in [-0.15, -0.1) is 0 Å². The van der Waals surface area contributed by atoms with Gasteiger partial charge in [-0.3, -0.25) is 4.90 Å². The van der Waals surface area contributed by atoms with Crippen molar-refractivity contribution in [3.8, 4) is 0 Å². The Morgan fingerprint density at radius 3 is 2.39 bits per heavy atom. The molecule has 1 saturated heterocycles. The number of hydrogen-bond acceptors (Lipinski definition) is 1. The highest BCUT2D eigenvalue weighted by atomic mass is 15.2. The predicted molar refractivity (Wildman–Crippen MR) is 74.4 cm³/mol. The minimum Gasteiger partial charge on any atom is -0.293 e. The average molecular weight is 241 g/mol. The maximum absolute atomic E-state index is 2.84. The van der Waals surface area contributed by atoms with Gasteiger partial charge >= 0.3 is 0 Å². The molecule has 2 saturated carbocycles. The summed E-state index contributed by atoms with van der Waals surface area (Å²) in [6.07, 6.45) is 8.70. The van der Waals surface area contributed by atoms with Gasteiger partial charge in [0.05, 0.1) is 0 Å². The molecule has 1 aliphatic heterocycles. The molecule has 1 aromatic carbocycles. The largest absolute Gasteiger partial charge is 0.293 e. The maximum atomic E-state index is 2.84. The van der Waals surface area contributed by atoms with Crippen molar-refractivity contribution in [1.29, 1.82) is 0 Å². The van der Waals surface area contributed by atoms with Crippen molar-refractivity contribution in [2.45, 2.75) is 44.1 Å². The van der Waals surface area contributed by atoms with E-state index in [9.17, 15) is 0 Å². The third-order valence-corrected chi connectivity index (χ3v) is 5.76. The van der Waals surface area contributed by atoms with Crippen molar-refractivity contribution in [2.75, 3.05) is 13.1 Å². The van der Waals surface area contributed by atoms with Crippen LogP contribution in [0.15, 0.2) is 30.3 Å². The van der Waals surface area contributed by atoms with Crippen LogP contribution in [0.2, 0.25) is 0 Å². The highest BCUT2D eigenvalue weighted by molar-refractivity contribution is 5.29. The standard InChI is InChI=1S/C17H23N/c1-2-6-15(7-3-1)17(18-10-4-5-11-18)13-14-8-9-16(17)12-14/h1-3,6-7,14,16H,4-5,8-13H2. The van der Waals surface area contributed by atoms with Crippen molar-refractivity contribution < 1.29 is 0 Å². The number of likely N-dealkylation sites (tertiary alicyclic amines) is 1. The van der Waals surface area contributed by atoms with Gasteiger partial charge in [-0.25, -0.2) is 0 Å². The van der Waals surface area contributed by atoms with E-state index in [4.69, 9.17) is 0 Å². The Hall–Kier alpha value is -0.820. The first-order valence-electron chi connectivity index (χ1n) is 7.70. The summed E-state index contributed by atoms with van der Waals surface area (Å²) in [4.78, 5) is 2.84. The number of hydrogen-bond donors (Lipinski definition) is 0. The fraction of sp³-hybridized carbons (Fsp3) is 0.647. The van der Waals surface area contributed by atoms with E-state index >= 15 is 0 Å². The molecule has 3 unspecified atom stereocenters. The van der Waals surface area contributed by atoms with Crippen LogP contribution in [0.25, 0.3) is 0 Å². The Morgan fingerprint density at radius 1 is 1.00 bits per heavy atom. The van der Waals surface area contributed by atoms with E-state index in [-0.39, 0.29) is 0 Å². The Kier molecular flexibility index (Phi) is 2.51. The molecular weight excluding hydrogens is 218 g/mol. The van der Waals surface area contributed by atoms with E-state index in [1.165, 1.54) is 51.6 Å². The van der Waals surface area contributed by atoms with Crippen LogP contribution in [0.3, 0.4) is 0 Å². The van der Waals surface area contributed by atoms with E-state index in [0.29, 0.717) is 5.54 Å². The second-order valence-corrected chi connectivity index (χ2v) is 6.56. The summed E-state index contributed by atoms with van der Waals surface area (Å²) >= 11 is 0. The molecule has 0 aromatic heterocycles. The Morgan fingerprint density at radius 2 is 1.78 bits per heavy atom. The Labute approximate surface area is 110 Å². The zero-order valence-corrected chi connectivity index (χ0v) is 11.1. The molecule has 1 aromatic rings. The molecule has 4 rings (SSSR count). The van der Waals surface area contributed by atoms with E-state index in [2.05, 4.69) is 35.2 Å². The first-order valence-corrected chi connectivity index (χ1v) is 7.70. The van der Waals surface area contributed by atoms with Gasteiger partial charge in [0, 0.05) is 5.54 Å². The average Bonchev–Trinajstić information content (AvgIpc) is 3.16. The van der Waals surface area contributed by atoms with Crippen LogP contribution in [-0.4, -0.2) is 18.0 Å². The summed E-state index contributed by atoms with van der Waals surface area (Å²) in [5.41, 5.74) is 2.03. The van der Waals surface area contributed by atoms with Crippen LogP contribution < -0.4 is 0 Å². The number of nitrogens with zero attached hydrogens (tertiary/aromatic N) is 1. The van der Waals surface area contributed by atoms with Gasteiger partial charge in [-0.2, -0.15) is 0 Å². The van der Waals surface area contributed by atoms with E-state index in [0.717, 1.165) is 11.8 Å². The van der Waals surface area contributed by atoms with Crippen LogP contribution in [0.1, 0.15) is 44.1 Å². The Balaban J connectivity index is 1.78. The molecule has 2 bridgehead atoms. The summed E-state index contributed by atoms with van der Waals surface area (Å²) in [5.74, 6) is 1.94. The van der Waals surface area contributed by atoms with Gasteiger partial charge in [0.15, 0.2) is 0 Å². The zero-order valence-electron chi connectivity index (χ0n) is 11.1. The Bertz CT molecular complexity index is 420. The highest BCUT2D eigenvalue weighted by Crippen LogP contribution is 2.59. The van der Waals surface area contributed by atoms with E-state index < -0.39 is 0 Å². The molecule has 0 radical (unpaired) electrons. The van der Waals surface area contributed by atoms with Crippen molar-refractivity contribution in [2.24, 2.45) is 11.8 Å². The van der Waals surface area contributed by atoms with Gasteiger partial charge in [-0.1, -0.05) is 36.8 Å². The molecule has 2 aliphatic carbocycles. The van der Waals surface area contributed by atoms with Crippen LogP contribution in [-0.2, 0) is 5.54 Å². The maximum Gasteiger partial charge on any atom is 0.0491 e. The summed E-state index contributed by atoms with van der Waals surface area (Å²) < 4.78 is 0. The molecule has 96 valence electrons. The molecule has 0 spiro atoms. The van der Waals surface area contributed by atoms with Crippen molar-refractivity contribution >= 4 is 0 Å². The second-order valence-electron chi connectivity index (χ2n) is 6.56. The lowest BCUT2D eigenvalue weighted by Crippen LogP contribution is -2.48. The summed E-state index contributed by atoms with van der Waals surface area (Å²) in [5, 5.41) is 0. The minimum atomic E-state index is 0.417. The minimum absolute atomic E-state index is 0.417. The van der Waals surface area contributed by atoms with Crippen molar-refractivity contribution in [3.05, 3.63) is 35.9 Å². The quantitative estimate of drug-likeness (QED) is 0.761. The van der Waals surface area contributed by atoms with Gasteiger partial charge in [0.25, 0.3) is 0 Å². The monoisotopic (exact) mass is 241 g/mol. The molecule has 1 heterocycles. The number of benzene rings is 1. The van der Waals surface area contributed by atoms with Gasteiger partial charge in [0.2, 0.25) is 0 Å². The molecule has 3 atom stereocenters. The highest BCUT2D eigenvalue weighted by Gasteiger charge is 2.55. The number of rotatable bonds is 2. The first kappa shape index (κ1) is 11.0. The van der Waals surface area contributed by atoms with Crippen LogP contribution in [0.5, 0.6) is 0 Å². The zero-order chi connectivity index (χ0) is 12.0. The molecule has 1 heteroatoms. The van der Waals surface area contributed by atoms with Crippen LogP contribution in [0, 0.1) is 11.8 Å². The van der Waals surface area contributed by atoms with Crippen LogP contribution in [0.4, 0.5) is 0 Å². The normalized spacial score (nSPS) is 39.6. The van der Waals surface area contributed by atoms with Crippen molar-refractivity contribution in [1.82, 2.24) is 4.90 Å². The molecule has 18 heavy (non-hydrogen) atoms. The SMILES string of the molecule is c1ccc(C2(N3CCCC3)CC3CCC2C3)cc1. The summed E-state index contributed by atoms with van der Waals surface area (Å²) in [6.45, 7) is 2.66. The lowest BCUT2D eigenvalue weighted by Gasteiger charge is -2.46. The fourth-order valence-corrected chi connectivity index (χ4v) is 5.07. The summed E-state index contributed by atoms with van der Waals surface area (Å²) in [7, 11) is 0. The summed E-state index contributed by atoms with van der Waals surface area (Å²) in [6, 6.07) is 11.4. The van der Waals surface area contributed by atoms with Gasteiger partial charge < -0.3 is 0 Å². The third kappa shape index (κ3) is 1.43. The molecule has 1 nitrogen and oxygen atoms in total. The lowest BCUT2D eigenvalue weighted by molar-refractivity contribution is 0.0529. The third-order valence-electron chi connectivity index (χ3n) is 5.76. The predicted octanol–water partition coefficient (Wildman–Crippen LogP) is 3.80. The molecule has 0 N–H and O–H groups in total. The van der Waals surface area contributed by atoms with Gasteiger partial charge in [0.1, 0.15) is 0 Å². The lowest BCUT2D eigenvalue weighted by atomic mass is 9.74. The van der Waals surface area contributed by atoms with E-state index in [1.54, 1.807) is 5.56 Å². The first-order chi connectivity index (χ1) is 8.89. The number of fused-ring (bicyclic) bond motifs is 2. The van der Waals surface area contributed by atoms with E-state index in [1.807, 2.05) is 0 Å².